The van der Waals surface area contributed by atoms with Gasteiger partial charge < -0.3 is 15.0 Å². The second-order valence-corrected chi connectivity index (χ2v) is 8.01. The third kappa shape index (κ3) is 4.06. The lowest BCUT2D eigenvalue weighted by Crippen LogP contribution is -2.44. The van der Waals surface area contributed by atoms with Gasteiger partial charge in [0.1, 0.15) is 0 Å². The van der Waals surface area contributed by atoms with E-state index < -0.39 is 0 Å². The zero-order chi connectivity index (χ0) is 16.9. The number of hydrogen-bond donors (Lipinski definition) is 1. The van der Waals surface area contributed by atoms with Crippen LogP contribution in [0.5, 0.6) is 0 Å². The van der Waals surface area contributed by atoms with Gasteiger partial charge in [0.15, 0.2) is 0 Å². The Morgan fingerprint density at radius 2 is 2.08 bits per heavy atom. The molecule has 4 nitrogen and oxygen atoms in total. The first-order valence-corrected chi connectivity index (χ1v) is 10.2. The van der Waals surface area contributed by atoms with Gasteiger partial charge in [-0.25, -0.2) is 4.79 Å². The van der Waals surface area contributed by atoms with E-state index >= 15 is 0 Å². The molecule has 1 saturated carbocycles. The molecular weight excluding hydrogens is 320 g/mol. The highest BCUT2D eigenvalue weighted by atomic mass is 32.2. The van der Waals surface area contributed by atoms with Crippen LogP contribution in [-0.4, -0.2) is 48.7 Å². The molecular formula is C19H28N2O2S. The van der Waals surface area contributed by atoms with Gasteiger partial charge in [-0.1, -0.05) is 30.3 Å². The minimum Gasteiger partial charge on any atom is -0.373 e. The predicted molar refractivity (Wildman–Crippen MR) is 99.3 cm³/mol. The first kappa shape index (κ1) is 17.6. The molecule has 0 unspecified atom stereocenters. The Labute approximate surface area is 149 Å². The third-order valence-corrected chi connectivity index (χ3v) is 6.51. The molecule has 132 valence electrons. The molecule has 4 atom stereocenters. The lowest BCUT2D eigenvalue weighted by molar-refractivity contribution is 0.0904. The quantitative estimate of drug-likeness (QED) is 0.882. The Hall–Kier alpha value is -1.20. The number of amides is 2. The van der Waals surface area contributed by atoms with Crippen LogP contribution in [-0.2, 0) is 4.74 Å². The summed E-state index contributed by atoms with van der Waals surface area (Å²) in [6.07, 6.45) is 6.72. The Morgan fingerprint density at radius 3 is 2.79 bits per heavy atom. The van der Waals surface area contributed by atoms with Crippen molar-refractivity contribution in [3.8, 4) is 0 Å². The van der Waals surface area contributed by atoms with Crippen LogP contribution < -0.4 is 5.32 Å². The molecule has 1 saturated heterocycles. The number of hydrogen-bond acceptors (Lipinski definition) is 3. The summed E-state index contributed by atoms with van der Waals surface area (Å²) in [4.78, 5) is 14.4. The minimum absolute atomic E-state index is 0.0560. The molecule has 1 aromatic rings. The Kier molecular flexibility index (Phi) is 6.06. The summed E-state index contributed by atoms with van der Waals surface area (Å²) >= 11 is 1.92. The van der Waals surface area contributed by atoms with Crippen molar-refractivity contribution in [2.24, 2.45) is 5.92 Å². The number of thioether (sulfide) groups is 1. The molecule has 1 aliphatic heterocycles. The number of carbonyl (C=O) groups excluding carboxylic acids is 1. The minimum atomic E-state index is 0.0560. The van der Waals surface area contributed by atoms with E-state index in [0.29, 0.717) is 23.8 Å². The molecule has 2 amide bonds. The van der Waals surface area contributed by atoms with Crippen molar-refractivity contribution in [3.05, 3.63) is 35.9 Å². The average Bonchev–Trinajstić information content (AvgIpc) is 3.28. The summed E-state index contributed by atoms with van der Waals surface area (Å²) in [6, 6.07) is 10.8. The number of nitrogens with zero attached hydrogens (tertiary/aromatic N) is 1. The standard InChI is InChI=1S/C19H28N2O2S/c1-21(16-8-9-17(12-16)24-2)19(22)20-13-15-10-11-23-18(15)14-6-4-3-5-7-14/h3-7,15-18H,8-13H2,1-2H3,(H,20,22)/t15-,16-,17+,18-/m0/s1. The largest absolute Gasteiger partial charge is 0.373 e. The lowest BCUT2D eigenvalue weighted by Gasteiger charge is -2.26. The van der Waals surface area contributed by atoms with Crippen LogP contribution in [0.3, 0.4) is 0 Å². The van der Waals surface area contributed by atoms with E-state index in [0.717, 1.165) is 25.9 Å². The van der Waals surface area contributed by atoms with E-state index in [1.54, 1.807) is 0 Å². The summed E-state index contributed by atoms with van der Waals surface area (Å²) in [5, 5.41) is 3.84. The van der Waals surface area contributed by atoms with E-state index in [4.69, 9.17) is 4.74 Å². The van der Waals surface area contributed by atoms with Crippen molar-refractivity contribution in [1.82, 2.24) is 10.2 Å². The predicted octanol–water partition coefficient (Wildman–Crippen LogP) is 3.69. The SMILES string of the molecule is CS[C@@H]1CC[C@H](N(C)C(=O)NC[C@@H]2CCO[C@H]2c2ccccc2)C1. The molecule has 0 aromatic heterocycles. The topological polar surface area (TPSA) is 41.6 Å². The van der Waals surface area contributed by atoms with Crippen LogP contribution in [0.4, 0.5) is 4.79 Å². The van der Waals surface area contributed by atoms with Gasteiger partial charge in [0, 0.05) is 37.4 Å². The first-order valence-electron chi connectivity index (χ1n) is 8.89. The Balaban J connectivity index is 1.50. The van der Waals surface area contributed by atoms with Crippen molar-refractivity contribution >= 4 is 17.8 Å². The van der Waals surface area contributed by atoms with Crippen LogP contribution in [0.15, 0.2) is 30.3 Å². The second-order valence-electron chi connectivity index (χ2n) is 6.87. The summed E-state index contributed by atoms with van der Waals surface area (Å²) in [7, 11) is 1.93. The maximum absolute atomic E-state index is 12.5. The Bertz CT molecular complexity index is 539. The van der Waals surface area contributed by atoms with Gasteiger partial charge in [-0.3, -0.25) is 0 Å². The van der Waals surface area contributed by atoms with Gasteiger partial charge in [0.25, 0.3) is 0 Å². The number of carbonyl (C=O) groups is 1. The van der Waals surface area contributed by atoms with Crippen molar-refractivity contribution in [3.63, 3.8) is 0 Å². The van der Waals surface area contributed by atoms with Crippen LogP contribution in [0.2, 0.25) is 0 Å². The van der Waals surface area contributed by atoms with Crippen LogP contribution >= 0.6 is 11.8 Å². The molecule has 1 aromatic carbocycles. The maximum atomic E-state index is 12.5. The van der Waals surface area contributed by atoms with Crippen molar-refractivity contribution in [2.45, 2.75) is 43.1 Å². The molecule has 0 bridgehead atoms. The molecule has 24 heavy (non-hydrogen) atoms. The highest BCUT2D eigenvalue weighted by Gasteiger charge is 2.32. The summed E-state index contributed by atoms with van der Waals surface area (Å²) < 4.78 is 5.91. The van der Waals surface area contributed by atoms with Gasteiger partial charge in [0.2, 0.25) is 0 Å². The number of benzene rings is 1. The molecule has 3 rings (SSSR count). The lowest BCUT2D eigenvalue weighted by atomic mass is 9.95. The number of ether oxygens (including phenoxy) is 1. The van der Waals surface area contributed by atoms with E-state index in [2.05, 4.69) is 23.7 Å². The smallest absolute Gasteiger partial charge is 0.317 e. The summed E-state index contributed by atoms with van der Waals surface area (Å²) in [5.74, 6) is 0.354. The van der Waals surface area contributed by atoms with Gasteiger partial charge in [0.05, 0.1) is 6.10 Å². The number of nitrogens with one attached hydrogen (secondary N) is 1. The van der Waals surface area contributed by atoms with E-state index in [1.165, 1.54) is 12.0 Å². The van der Waals surface area contributed by atoms with Crippen LogP contribution in [0.1, 0.15) is 37.4 Å². The van der Waals surface area contributed by atoms with Crippen LogP contribution in [0, 0.1) is 5.92 Å². The van der Waals surface area contributed by atoms with Gasteiger partial charge in [-0.15, -0.1) is 0 Å². The van der Waals surface area contributed by atoms with Gasteiger partial charge in [-0.2, -0.15) is 11.8 Å². The number of rotatable bonds is 5. The van der Waals surface area contributed by atoms with E-state index in [-0.39, 0.29) is 12.1 Å². The van der Waals surface area contributed by atoms with Crippen molar-refractivity contribution in [1.29, 1.82) is 0 Å². The molecule has 1 aliphatic carbocycles. The normalized spacial score (nSPS) is 29.6. The summed E-state index contributed by atoms with van der Waals surface area (Å²) in [6.45, 7) is 1.45. The average molecular weight is 349 g/mol. The molecule has 1 heterocycles. The van der Waals surface area contributed by atoms with E-state index in [1.807, 2.05) is 41.9 Å². The fraction of sp³-hybridized carbons (Fsp3) is 0.632. The monoisotopic (exact) mass is 348 g/mol. The number of urea groups is 1. The van der Waals surface area contributed by atoms with Gasteiger partial charge >= 0.3 is 6.03 Å². The third-order valence-electron chi connectivity index (χ3n) is 5.42. The van der Waals surface area contributed by atoms with Crippen LogP contribution in [0.25, 0.3) is 0 Å². The maximum Gasteiger partial charge on any atom is 0.317 e. The van der Waals surface area contributed by atoms with E-state index in [9.17, 15) is 4.79 Å². The molecule has 2 aliphatic rings. The molecule has 2 fully saturated rings. The fourth-order valence-electron chi connectivity index (χ4n) is 3.85. The molecule has 1 N–H and O–H groups in total. The fourth-order valence-corrected chi connectivity index (χ4v) is 4.63. The zero-order valence-corrected chi connectivity index (χ0v) is 15.4. The van der Waals surface area contributed by atoms with Gasteiger partial charge in [-0.05, 0) is 37.5 Å². The zero-order valence-electron chi connectivity index (χ0n) is 14.6. The molecule has 5 heteroatoms. The highest BCUT2D eigenvalue weighted by molar-refractivity contribution is 7.99. The molecule has 0 radical (unpaired) electrons. The first-order chi connectivity index (χ1) is 11.7. The highest BCUT2D eigenvalue weighted by Crippen LogP contribution is 2.34. The van der Waals surface area contributed by atoms with Crippen molar-refractivity contribution < 1.29 is 9.53 Å². The Morgan fingerprint density at radius 1 is 1.29 bits per heavy atom. The second kappa shape index (κ2) is 8.26. The van der Waals surface area contributed by atoms with Crippen molar-refractivity contribution in [2.75, 3.05) is 26.5 Å². The molecule has 0 spiro atoms. The summed E-state index contributed by atoms with van der Waals surface area (Å²) in [5.41, 5.74) is 1.21.